The second-order valence-corrected chi connectivity index (χ2v) is 7.07. The van der Waals surface area contributed by atoms with Crippen molar-refractivity contribution in [2.24, 2.45) is 0 Å². The second kappa shape index (κ2) is 10.1. The lowest BCUT2D eigenvalue weighted by Crippen LogP contribution is -2.29. The summed E-state index contributed by atoms with van der Waals surface area (Å²) in [6, 6.07) is 8.45. The maximum Gasteiger partial charge on any atom is 0.190 e. The van der Waals surface area contributed by atoms with E-state index >= 15 is 0 Å². The highest BCUT2D eigenvalue weighted by Gasteiger charge is 2.32. The molecule has 4 nitrogen and oxygen atoms in total. The molecule has 0 aromatic heterocycles. The Morgan fingerprint density at radius 2 is 1.74 bits per heavy atom. The van der Waals surface area contributed by atoms with Crippen LogP contribution in [0.15, 0.2) is 34.9 Å². The number of allylic oxidation sites excluding steroid dienone is 3. The standard InChI is InChI=1S/C21H24Cl2NO3/c1-14-16(8-13-27-3)21(26)19(15(2)20(14)25)17-6-4-5-7-18(17)24(11-9-22)12-10-23/h5-7H,8-13H2,1-3H3. The number of nitrogens with zero attached hydrogens (tertiary/aromatic N) is 1. The van der Waals surface area contributed by atoms with E-state index in [4.69, 9.17) is 27.9 Å². The van der Waals surface area contributed by atoms with Gasteiger partial charge in [-0.3, -0.25) is 9.59 Å². The van der Waals surface area contributed by atoms with Crippen molar-refractivity contribution in [1.82, 2.24) is 0 Å². The zero-order chi connectivity index (χ0) is 20.0. The van der Waals surface area contributed by atoms with Gasteiger partial charge in [-0.25, -0.2) is 0 Å². The van der Waals surface area contributed by atoms with Crippen LogP contribution >= 0.6 is 23.2 Å². The highest BCUT2D eigenvalue weighted by atomic mass is 35.5. The topological polar surface area (TPSA) is 46.6 Å². The first kappa shape index (κ1) is 21.7. The number of hydrogen-bond acceptors (Lipinski definition) is 4. The number of hydrogen-bond donors (Lipinski definition) is 0. The smallest absolute Gasteiger partial charge is 0.190 e. The SMILES string of the molecule is COCCC1=C(C)C(=O)C(C)=C(c2c[c]ccc2N(CCCl)CCCl)C1=O. The Balaban J connectivity index is 2.57. The van der Waals surface area contributed by atoms with Crippen molar-refractivity contribution in [2.45, 2.75) is 20.3 Å². The summed E-state index contributed by atoms with van der Waals surface area (Å²) in [5.41, 5.74) is 3.41. The average Bonchev–Trinajstić information content (AvgIpc) is 2.67. The van der Waals surface area contributed by atoms with E-state index in [0.717, 1.165) is 5.69 Å². The van der Waals surface area contributed by atoms with Crippen LogP contribution in [0.5, 0.6) is 0 Å². The Morgan fingerprint density at radius 3 is 2.33 bits per heavy atom. The van der Waals surface area contributed by atoms with Gasteiger partial charge in [0.25, 0.3) is 0 Å². The lowest BCUT2D eigenvalue weighted by molar-refractivity contribution is -0.115. The predicted octanol–water partition coefficient (Wildman–Crippen LogP) is 4.05. The summed E-state index contributed by atoms with van der Waals surface area (Å²) in [6.45, 7) is 4.97. The molecule has 0 aliphatic heterocycles. The number of methoxy groups -OCH3 is 1. The summed E-state index contributed by atoms with van der Waals surface area (Å²) in [5.74, 6) is 0.626. The number of rotatable bonds is 9. The molecule has 0 fully saturated rings. The van der Waals surface area contributed by atoms with Crippen molar-refractivity contribution < 1.29 is 14.3 Å². The van der Waals surface area contributed by atoms with E-state index in [1.165, 1.54) is 0 Å². The van der Waals surface area contributed by atoms with Crippen LogP contribution in [0.3, 0.4) is 0 Å². The lowest BCUT2D eigenvalue weighted by Gasteiger charge is -2.28. The van der Waals surface area contributed by atoms with Gasteiger partial charge in [-0.05, 0) is 32.0 Å². The van der Waals surface area contributed by atoms with Gasteiger partial charge >= 0.3 is 0 Å². The number of carbonyl (C=O) groups is 2. The molecule has 0 saturated heterocycles. The molecule has 0 bridgehead atoms. The van der Waals surface area contributed by atoms with Crippen LogP contribution in [0.2, 0.25) is 0 Å². The van der Waals surface area contributed by atoms with Gasteiger partial charge in [0.15, 0.2) is 11.6 Å². The first-order valence-corrected chi connectivity index (χ1v) is 9.91. The van der Waals surface area contributed by atoms with Gasteiger partial charge in [0.2, 0.25) is 0 Å². The summed E-state index contributed by atoms with van der Waals surface area (Å²) in [4.78, 5) is 28.1. The van der Waals surface area contributed by atoms with Crippen LogP contribution in [-0.2, 0) is 14.3 Å². The Kier molecular flexibility index (Phi) is 8.08. The van der Waals surface area contributed by atoms with Crippen LogP contribution in [-0.4, -0.2) is 50.1 Å². The van der Waals surface area contributed by atoms with E-state index < -0.39 is 0 Å². The molecule has 1 aliphatic carbocycles. The number of ether oxygens (including phenoxy) is 1. The van der Waals surface area contributed by atoms with E-state index in [-0.39, 0.29) is 11.6 Å². The summed E-state index contributed by atoms with van der Waals surface area (Å²) in [5, 5.41) is 0. The number of carbonyl (C=O) groups excluding carboxylic acids is 2. The summed E-state index contributed by atoms with van der Waals surface area (Å²) in [6.07, 6.45) is 0.405. The summed E-state index contributed by atoms with van der Waals surface area (Å²) < 4.78 is 5.11. The predicted molar refractivity (Wildman–Crippen MR) is 111 cm³/mol. The average molecular weight is 409 g/mol. The molecule has 0 heterocycles. The number of benzene rings is 1. The van der Waals surface area contributed by atoms with E-state index in [1.54, 1.807) is 33.1 Å². The quantitative estimate of drug-likeness (QED) is 0.456. The molecule has 145 valence electrons. The van der Waals surface area contributed by atoms with Crippen molar-refractivity contribution in [3.63, 3.8) is 0 Å². The first-order chi connectivity index (χ1) is 13.0. The van der Waals surface area contributed by atoms with E-state index in [9.17, 15) is 9.59 Å². The number of alkyl halides is 2. The molecule has 1 radical (unpaired) electrons. The maximum atomic E-state index is 13.3. The normalized spacial score (nSPS) is 15.0. The Morgan fingerprint density at radius 1 is 1.07 bits per heavy atom. The van der Waals surface area contributed by atoms with Crippen LogP contribution in [0.4, 0.5) is 5.69 Å². The number of halogens is 2. The minimum atomic E-state index is -0.126. The fraction of sp³-hybridized carbons (Fsp3) is 0.429. The molecule has 0 atom stereocenters. The number of anilines is 1. The van der Waals surface area contributed by atoms with Crippen molar-refractivity contribution in [3.8, 4) is 0 Å². The largest absolute Gasteiger partial charge is 0.384 e. The van der Waals surface area contributed by atoms with Crippen molar-refractivity contribution in [2.75, 3.05) is 43.5 Å². The second-order valence-electron chi connectivity index (χ2n) is 6.31. The molecule has 0 saturated carbocycles. The highest BCUT2D eigenvalue weighted by molar-refractivity contribution is 6.39. The monoisotopic (exact) mass is 408 g/mol. The Bertz CT molecular complexity index is 777. The minimum Gasteiger partial charge on any atom is -0.384 e. The van der Waals surface area contributed by atoms with E-state index in [2.05, 4.69) is 6.07 Å². The van der Waals surface area contributed by atoms with Gasteiger partial charge < -0.3 is 9.64 Å². The lowest BCUT2D eigenvalue weighted by atomic mass is 9.80. The highest BCUT2D eigenvalue weighted by Crippen LogP contribution is 2.36. The van der Waals surface area contributed by atoms with Gasteiger partial charge in [0.05, 0.1) is 6.61 Å². The zero-order valence-corrected chi connectivity index (χ0v) is 17.4. The summed E-state index contributed by atoms with van der Waals surface area (Å²) >= 11 is 11.9. The molecule has 0 spiro atoms. The van der Waals surface area contributed by atoms with Crippen molar-refractivity contribution in [1.29, 1.82) is 0 Å². The van der Waals surface area contributed by atoms with E-state index in [0.29, 0.717) is 65.7 Å². The van der Waals surface area contributed by atoms with E-state index in [1.807, 2.05) is 11.0 Å². The third-order valence-electron chi connectivity index (χ3n) is 4.73. The fourth-order valence-electron chi connectivity index (χ4n) is 3.31. The van der Waals surface area contributed by atoms with Crippen LogP contribution in [0.1, 0.15) is 25.8 Å². The van der Waals surface area contributed by atoms with Gasteiger partial charge in [-0.15, -0.1) is 23.2 Å². The fourth-order valence-corrected chi connectivity index (χ4v) is 3.72. The number of Topliss-reactive ketones (excluding diaryl/α,β-unsaturated/α-hetero) is 2. The van der Waals surface area contributed by atoms with Crippen molar-refractivity contribution in [3.05, 3.63) is 46.5 Å². The van der Waals surface area contributed by atoms with Gasteiger partial charge in [-0.1, -0.05) is 6.07 Å². The molecule has 0 amide bonds. The molecule has 0 unspecified atom stereocenters. The maximum absolute atomic E-state index is 13.3. The Hall–Kier alpha value is -1.62. The zero-order valence-electron chi connectivity index (χ0n) is 15.9. The molecule has 0 N–H and O–H groups in total. The molecule has 1 aromatic rings. The molecule has 27 heavy (non-hydrogen) atoms. The van der Waals surface area contributed by atoms with Crippen LogP contribution in [0.25, 0.3) is 5.57 Å². The molecular formula is C21H24Cl2NO3. The number of ketones is 2. The summed E-state index contributed by atoms with van der Waals surface area (Å²) in [7, 11) is 1.58. The van der Waals surface area contributed by atoms with Crippen LogP contribution in [0, 0.1) is 6.07 Å². The molecule has 6 heteroatoms. The van der Waals surface area contributed by atoms with Crippen molar-refractivity contribution >= 4 is 46.0 Å². The van der Waals surface area contributed by atoms with Gasteiger partial charge in [0.1, 0.15) is 0 Å². The third kappa shape index (κ3) is 4.63. The Labute approximate surface area is 170 Å². The van der Waals surface area contributed by atoms with Crippen LogP contribution < -0.4 is 4.90 Å². The molecule has 2 rings (SSSR count). The molecular weight excluding hydrogens is 385 g/mol. The van der Waals surface area contributed by atoms with Gasteiger partial charge in [0, 0.05) is 71.9 Å². The molecule has 1 aliphatic rings. The minimum absolute atomic E-state index is 0.105. The molecule has 1 aromatic carbocycles. The first-order valence-electron chi connectivity index (χ1n) is 8.84. The third-order valence-corrected chi connectivity index (χ3v) is 5.06. The van der Waals surface area contributed by atoms with Gasteiger partial charge in [-0.2, -0.15) is 0 Å².